The first-order chi connectivity index (χ1) is 19.6. The first kappa shape index (κ1) is 32.1. The molecular weight excluding hydrogens is 569 g/mol. The molecular formula is C30H35Cl2N3O6. The smallest absolute Gasteiger partial charge is 0.312 e. The molecule has 0 saturated carbocycles. The zero-order valence-electron chi connectivity index (χ0n) is 23.4. The Kier molecular flexibility index (Phi) is 12.2. The second-order valence-corrected chi connectivity index (χ2v) is 10.6. The third-order valence-electron chi connectivity index (χ3n) is 6.85. The molecule has 2 atom stereocenters. The van der Waals surface area contributed by atoms with E-state index in [0.29, 0.717) is 34.5 Å². The summed E-state index contributed by atoms with van der Waals surface area (Å²) in [7, 11) is 0. The standard InChI is InChI=1S/C30H35Cl2N3O6/c1-4-39-29(38)30(17-18-35-20-33-19-34-35,15-13-27(36)21(2)40-25-9-5-23(31)6-10-25)16-14-28(37)22(3)41-26-11-7-24(32)8-12-26/h5-12,19-22H,4,13-18H2,1-3H3. The lowest BCUT2D eigenvalue weighted by Gasteiger charge is -2.32. The number of halogens is 2. The summed E-state index contributed by atoms with van der Waals surface area (Å²) in [5.41, 5.74) is -1.12. The Morgan fingerprint density at radius 3 is 1.73 bits per heavy atom. The molecule has 0 spiro atoms. The minimum absolute atomic E-state index is 0.0515. The molecule has 220 valence electrons. The van der Waals surface area contributed by atoms with E-state index in [1.165, 1.54) is 6.33 Å². The Morgan fingerprint density at radius 1 is 0.829 bits per heavy atom. The van der Waals surface area contributed by atoms with Crippen molar-refractivity contribution >= 4 is 40.7 Å². The van der Waals surface area contributed by atoms with Crippen LogP contribution in [-0.2, 0) is 25.7 Å². The molecule has 2 aromatic carbocycles. The van der Waals surface area contributed by atoms with Crippen LogP contribution in [0, 0.1) is 5.41 Å². The summed E-state index contributed by atoms with van der Waals surface area (Å²) in [6, 6.07) is 13.5. The molecule has 1 heterocycles. The van der Waals surface area contributed by atoms with Gasteiger partial charge in [-0.25, -0.2) is 4.98 Å². The molecule has 2 unspecified atom stereocenters. The van der Waals surface area contributed by atoms with Crippen LogP contribution in [0.25, 0.3) is 0 Å². The van der Waals surface area contributed by atoms with Gasteiger partial charge in [-0.2, -0.15) is 5.10 Å². The van der Waals surface area contributed by atoms with Crippen molar-refractivity contribution in [2.45, 2.75) is 71.6 Å². The fourth-order valence-corrected chi connectivity index (χ4v) is 4.59. The van der Waals surface area contributed by atoms with Crippen LogP contribution in [0.2, 0.25) is 10.0 Å². The van der Waals surface area contributed by atoms with Crippen LogP contribution in [0.1, 0.15) is 52.9 Å². The quantitative estimate of drug-likeness (QED) is 0.169. The van der Waals surface area contributed by atoms with Crippen molar-refractivity contribution in [3.63, 3.8) is 0 Å². The molecule has 0 radical (unpaired) electrons. The molecule has 1 aromatic heterocycles. The topological polar surface area (TPSA) is 110 Å². The normalized spacial score (nSPS) is 14.0. The zero-order chi connectivity index (χ0) is 29.8. The summed E-state index contributed by atoms with van der Waals surface area (Å²) in [6.07, 6.45) is 2.21. The number of ether oxygens (including phenoxy) is 3. The Bertz CT molecular complexity index is 1200. The van der Waals surface area contributed by atoms with Gasteiger partial charge in [-0.15, -0.1) is 0 Å². The highest BCUT2D eigenvalue weighted by Gasteiger charge is 2.41. The maximum atomic E-state index is 13.5. The summed E-state index contributed by atoms with van der Waals surface area (Å²) in [4.78, 5) is 43.7. The second-order valence-electron chi connectivity index (χ2n) is 9.77. The van der Waals surface area contributed by atoms with Gasteiger partial charge in [-0.05, 0) is 88.6 Å². The Hall–Kier alpha value is -3.43. The van der Waals surface area contributed by atoms with Crippen molar-refractivity contribution < 1.29 is 28.6 Å². The molecule has 0 fully saturated rings. The Balaban J connectivity index is 1.73. The van der Waals surface area contributed by atoms with E-state index in [2.05, 4.69) is 10.1 Å². The highest BCUT2D eigenvalue weighted by Crippen LogP contribution is 2.37. The van der Waals surface area contributed by atoms with Crippen LogP contribution in [-0.4, -0.2) is 51.1 Å². The SMILES string of the molecule is CCOC(=O)C(CCC(=O)C(C)Oc1ccc(Cl)cc1)(CCC(=O)C(C)Oc1ccc(Cl)cc1)CCn1cncn1. The fraction of sp³-hybridized carbons (Fsp3) is 0.433. The molecule has 41 heavy (non-hydrogen) atoms. The average molecular weight is 605 g/mol. The molecule has 9 nitrogen and oxygen atoms in total. The first-order valence-electron chi connectivity index (χ1n) is 13.5. The number of aromatic nitrogens is 3. The third-order valence-corrected chi connectivity index (χ3v) is 7.36. The first-order valence-corrected chi connectivity index (χ1v) is 14.3. The van der Waals surface area contributed by atoms with Gasteiger partial charge in [-0.3, -0.25) is 19.1 Å². The number of Topliss-reactive ketones (excluding diaryl/α,β-unsaturated/α-hetero) is 2. The fourth-order valence-electron chi connectivity index (χ4n) is 4.34. The van der Waals surface area contributed by atoms with Crippen molar-refractivity contribution in [3.8, 4) is 11.5 Å². The number of nitrogens with zero attached hydrogens (tertiary/aromatic N) is 3. The number of ketones is 2. The molecule has 0 bridgehead atoms. The van der Waals surface area contributed by atoms with Crippen LogP contribution in [0.15, 0.2) is 61.2 Å². The molecule has 3 rings (SSSR count). The van der Waals surface area contributed by atoms with Crippen LogP contribution in [0.4, 0.5) is 0 Å². The number of aryl methyl sites for hydroxylation is 1. The van der Waals surface area contributed by atoms with Crippen LogP contribution in [0.5, 0.6) is 11.5 Å². The molecule has 0 amide bonds. The van der Waals surface area contributed by atoms with E-state index in [0.717, 1.165) is 0 Å². The van der Waals surface area contributed by atoms with Crippen molar-refractivity contribution in [2.75, 3.05) is 6.61 Å². The van der Waals surface area contributed by atoms with E-state index < -0.39 is 23.6 Å². The van der Waals surface area contributed by atoms with E-state index in [9.17, 15) is 14.4 Å². The van der Waals surface area contributed by atoms with Gasteiger partial charge < -0.3 is 14.2 Å². The zero-order valence-corrected chi connectivity index (χ0v) is 24.9. The van der Waals surface area contributed by atoms with E-state index in [1.807, 2.05) is 0 Å². The number of carbonyl (C=O) groups excluding carboxylic acids is 3. The summed E-state index contributed by atoms with van der Waals surface area (Å²) in [5, 5.41) is 5.26. The van der Waals surface area contributed by atoms with Crippen LogP contribution in [0.3, 0.4) is 0 Å². The number of esters is 1. The minimum Gasteiger partial charge on any atom is -0.483 e. The molecule has 0 saturated heterocycles. The average Bonchev–Trinajstić information content (AvgIpc) is 3.49. The summed E-state index contributed by atoms with van der Waals surface area (Å²) >= 11 is 11.9. The predicted octanol–water partition coefficient (Wildman–Crippen LogP) is 6.16. The van der Waals surface area contributed by atoms with Crippen molar-refractivity contribution in [3.05, 3.63) is 71.2 Å². The summed E-state index contributed by atoms with van der Waals surface area (Å²) in [6.45, 7) is 5.57. The third kappa shape index (κ3) is 9.86. The maximum Gasteiger partial charge on any atom is 0.312 e. The maximum absolute atomic E-state index is 13.5. The predicted molar refractivity (Wildman–Crippen MR) is 155 cm³/mol. The lowest BCUT2D eigenvalue weighted by molar-refractivity contribution is -0.158. The van der Waals surface area contributed by atoms with E-state index >= 15 is 0 Å². The van der Waals surface area contributed by atoms with Crippen LogP contribution >= 0.6 is 23.2 Å². The number of rotatable bonds is 17. The van der Waals surface area contributed by atoms with Gasteiger partial charge in [0.15, 0.2) is 23.8 Å². The van der Waals surface area contributed by atoms with E-state index in [-0.39, 0.29) is 43.9 Å². The van der Waals surface area contributed by atoms with Crippen molar-refractivity contribution in [1.29, 1.82) is 0 Å². The van der Waals surface area contributed by atoms with E-state index in [1.54, 1.807) is 80.3 Å². The molecule has 0 N–H and O–H groups in total. The number of hydrogen-bond acceptors (Lipinski definition) is 8. The van der Waals surface area contributed by atoms with Crippen LogP contribution < -0.4 is 9.47 Å². The lowest BCUT2D eigenvalue weighted by Crippen LogP contribution is -2.37. The number of hydrogen-bond donors (Lipinski definition) is 0. The van der Waals surface area contributed by atoms with Gasteiger partial charge >= 0.3 is 5.97 Å². The monoisotopic (exact) mass is 603 g/mol. The van der Waals surface area contributed by atoms with Crippen molar-refractivity contribution in [2.24, 2.45) is 5.41 Å². The summed E-state index contributed by atoms with van der Waals surface area (Å²) in [5.74, 6) is 0.204. The minimum atomic E-state index is -1.12. The molecule has 0 aliphatic rings. The Labute approximate surface area is 250 Å². The van der Waals surface area contributed by atoms with Gasteiger partial charge in [0.1, 0.15) is 24.2 Å². The Morgan fingerprint density at radius 2 is 1.32 bits per heavy atom. The van der Waals surface area contributed by atoms with Gasteiger partial charge in [0.2, 0.25) is 0 Å². The van der Waals surface area contributed by atoms with Gasteiger partial charge in [-0.1, -0.05) is 23.2 Å². The highest BCUT2D eigenvalue weighted by atomic mass is 35.5. The summed E-state index contributed by atoms with van der Waals surface area (Å²) < 4.78 is 18.7. The molecule has 3 aromatic rings. The van der Waals surface area contributed by atoms with Gasteiger partial charge in [0.25, 0.3) is 0 Å². The second kappa shape index (κ2) is 15.5. The molecule has 11 heteroatoms. The molecule has 0 aliphatic heterocycles. The van der Waals surface area contributed by atoms with Gasteiger partial charge in [0.05, 0.1) is 12.0 Å². The largest absolute Gasteiger partial charge is 0.483 e. The highest BCUT2D eigenvalue weighted by molar-refractivity contribution is 6.30. The van der Waals surface area contributed by atoms with Gasteiger partial charge in [0, 0.05) is 29.4 Å². The van der Waals surface area contributed by atoms with Crippen molar-refractivity contribution in [1.82, 2.24) is 14.8 Å². The number of benzene rings is 2. The number of carbonyl (C=O) groups is 3. The molecule has 0 aliphatic carbocycles. The van der Waals surface area contributed by atoms with E-state index in [4.69, 9.17) is 37.4 Å². The lowest BCUT2D eigenvalue weighted by atomic mass is 9.74.